The molecule has 14 heavy (non-hydrogen) atoms. The summed E-state index contributed by atoms with van der Waals surface area (Å²) in [7, 11) is -1.62. The van der Waals surface area contributed by atoms with Crippen LogP contribution in [0.15, 0.2) is 0 Å². The third kappa shape index (κ3) is 3.15. The molecule has 0 aliphatic carbocycles. The van der Waals surface area contributed by atoms with Crippen LogP contribution in [-0.4, -0.2) is 51.8 Å². The van der Waals surface area contributed by atoms with Gasteiger partial charge in [-0.25, -0.2) is 17.9 Å². The second-order valence-electron chi connectivity index (χ2n) is 3.38. The summed E-state index contributed by atoms with van der Waals surface area (Å²) in [5.74, 6) is 0. The molecule has 0 unspecified atom stereocenters. The summed E-state index contributed by atoms with van der Waals surface area (Å²) in [5, 5.41) is 2.50. The van der Waals surface area contributed by atoms with Gasteiger partial charge in [0, 0.05) is 26.2 Å². The summed E-state index contributed by atoms with van der Waals surface area (Å²) in [6, 6.07) is -0.315. The predicted octanol–water partition coefficient (Wildman–Crippen LogP) is -1.05. The smallest absolute Gasteiger partial charge is 0.317 e. The van der Waals surface area contributed by atoms with Crippen molar-refractivity contribution in [3.8, 4) is 0 Å². The zero-order valence-electron chi connectivity index (χ0n) is 8.28. The average Bonchev–Trinajstić information content (AvgIpc) is 2.48. The standard InChI is InChI=1S/C7H15N3O3S/c1-8-7(11)10-4-3-6(5-10)9-14(2,12)13/h6,9H,3-5H2,1-2H3,(H,8,11)/t6-/m0/s1. The van der Waals surface area contributed by atoms with Crippen molar-refractivity contribution >= 4 is 16.1 Å². The molecule has 0 aromatic rings. The van der Waals surface area contributed by atoms with Crippen molar-refractivity contribution in [3.05, 3.63) is 0 Å². The first-order valence-corrected chi connectivity index (χ1v) is 6.25. The van der Waals surface area contributed by atoms with Gasteiger partial charge < -0.3 is 10.2 Å². The molecule has 0 radical (unpaired) electrons. The van der Waals surface area contributed by atoms with Crippen molar-refractivity contribution in [1.82, 2.24) is 14.9 Å². The Kier molecular flexibility index (Phi) is 3.33. The number of nitrogens with zero attached hydrogens (tertiary/aromatic N) is 1. The monoisotopic (exact) mass is 221 g/mol. The van der Waals surface area contributed by atoms with Crippen molar-refractivity contribution in [2.75, 3.05) is 26.4 Å². The zero-order valence-corrected chi connectivity index (χ0v) is 9.10. The molecule has 1 aliphatic heterocycles. The van der Waals surface area contributed by atoms with Gasteiger partial charge in [-0.1, -0.05) is 0 Å². The normalized spacial score (nSPS) is 22.4. The number of amides is 2. The highest BCUT2D eigenvalue weighted by Crippen LogP contribution is 2.09. The lowest BCUT2D eigenvalue weighted by Gasteiger charge is -2.15. The second-order valence-corrected chi connectivity index (χ2v) is 5.16. The van der Waals surface area contributed by atoms with Gasteiger partial charge >= 0.3 is 6.03 Å². The van der Waals surface area contributed by atoms with Crippen LogP contribution in [0, 0.1) is 0 Å². The highest BCUT2D eigenvalue weighted by atomic mass is 32.2. The maximum absolute atomic E-state index is 11.2. The van der Waals surface area contributed by atoms with Gasteiger partial charge in [0.1, 0.15) is 0 Å². The van der Waals surface area contributed by atoms with E-state index < -0.39 is 10.0 Å². The molecular weight excluding hydrogens is 206 g/mol. The molecule has 2 N–H and O–H groups in total. The number of carbonyl (C=O) groups is 1. The first-order chi connectivity index (χ1) is 6.42. The lowest BCUT2D eigenvalue weighted by molar-refractivity contribution is 0.210. The fourth-order valence-corrected chi connectivity index (χ4v) is 2.30. The van der Waals surface area contributed by atoms with Gasteiger partial charge in [0.05, 0.1) is 6.26 Å². The van der Waals surface area contributed by atoms with E-state index in [2.05, 4.69) is 10.0 Å². The predicted molar refractivity (Wildman–Crippen MR) is 52.4 cm³/mol. The third-order valence-corrected chi connectivity index (χ3v) is 2.83. The zero-order chi connectivity index (χ0) is 10.8. The molecule has 0 spiro atoms. The van der Waals surface area contributed by atoms with Crippen molar-refractivity contribution in [3.63, 3.8) is 0 Å². The summed E-state index contributed by atoms with van der Waals surface area (Å²) in [5.41, 5.74) is 0. The summed E-state index contributed by atoms with van der Waals surface area (Å²) in [6.45, 7) is 1.03. The number of carbonyl (C=O) groups excluding carboxylic acids is 1. The third-order valence-electron chi connectivity index (χ3n) is 2.07. The van der Waals surface area contributed by atoms with E-state index >= 15 is 0 Å². The number of sulfonamides is 1. The van der Waals surface area contributed by atoms with E-state index in [1.807, 2.05) is 0 Å². The van der Waals surface area contributed by atoms with Crippen molar-refractivity contribution in [1.29, 1.82) is 0 Å². The number of rotatable bonds is 2. The van der Waals surface area contributed by atoms with Crippen LogP contribution in [0.5, 0.6) is 0 Å². The summed E-state index contributed by atoms with van der Waals surface area (Å²) < 4.78 is 24.3. The number of hydrogen-bond donors (Lipinski definition) is 2. The molecule has 0 aromatic carbocycles. The van der Waals surface area contributed by atoms with Crippen molar-refractivity contribution < 1.29 is 13.2 Å². The molecule has 7 heteroatoms. The second kappa shape index (κ2) is 4.14. The van der Waals surface area contributed by atoms with Crippen molar-refractivity contribution in [2.45, 2.75) is 12.5 Å². The largest absolute Gasteiger partial charge is 0.341 e. The molecule has 2 amide bonds. The average molecular weight is 221 g/mol. The maximum atomic E-state index is 11.2. The maximum Gasteiger partial charge on any atom is 0.317 e. The summed E-state index contributed by atoms with van der Waals surface area (Å²) in [6.07, 6.45) is 1.79. The van der Waals surface area contributed by atoms with Crippen LogP contribution in [0.2, 0.25) is 0 Å². The van der Waals surface area contributed by atoms with E-state index in [1.165, 1.54) is 0 Å². The van der Waals surface area contributed by atoms with Crippen LogP contribution in [0.4, 0.5) is 4.79 Å². The van der Waals surface area contributed by atoms with E-state index in [9.17, 15) is 13.2 Å². The quantitative estimate of drug-likeness (QED) is 0.624. The van der Waals surface area contributed by atoms with E-state index in [0.717, 1.165) is 6.26 Å². The molecule has 1 rings (SSSR count). The Hall–Kier alpha value is -0.820. The Morgan fingerprint density at radius 2 is 2.14 bits per heavy atom. The highest BCUT2D eigenvalue weighted by molar-refractivity contribution is 7.88. The highest BCUT2D eigenvalue weighted by Gasteiger charge is 2.27. The fourth-order valence-electron chi connectivity index (χ4n) is 1.50. The molecule has 1 fully saturated rings. The Labute approximate surface area is 83.7 Å². The Morgan fingerprint density at radius 3 is 2.64 bits per heavy atom. The minimum Gasteiger partial charge on any atom is -0.341 e. The van der Waals surface area contributed by atoms with E-state index in [4.69, 9.17) is 0 Å². The minimum atomic E-state index is -3.17. The van der Waals surface area contributed by atoms with E-state index in [1.54, 1.807) is 11.9 Å². The number of hydrogen-bond acceptors (Lipinski definition) is 3. The van der Waals surface area contributed by atoms with E-state index in [0.29, 0.717) is 19.5 Å². The number of urea groups is 1. The Morgan fingerprint density at radius 1 is 1.50 bits per heavy atom. The van der Waals surface area contributed by atoms with Crippen LogP contribution in [0.25, 0.3) is 0 Å². The van der Waals surface area contributed by atoms with Gasteiger partial charge in [0.25, 0.3) is 0 Å². The molecule has 6 nitrogen and oxygen atoms in total. The van der Waals surface area contributed by atoms with Crippen LogP contribution in [0.1, 0.15) is 6.42 Å². The van der Waals surface area contributed by atoms with Gasteiger partial charge in [-0.2, -0.15) is 0 Å². The lowest BCUT2D eigenvalue weighted by Crippen LogP contribution is -2.40. The number of likely N-dealkylation sites (tertiary alicyclic amines) is 1. The SMILES string of the molecule is CNC(=O)N1CC[C@H](NS(C)(=O)=O)C1. The van der Waals surface area contributed by atoms with Crippen LogP contribution in [0.3, 0.4) is 0 Å². The van der Waals surface area contributed by atoms with E-state index in [-0.39, 0.29) is 12.1 Å². The van der Waals surface area contributed by atoms with Crippen LogP contribution < -0.4 is 10.0 Å². The fraction of sp³-hybridized carbons (Fsp3) is 0.857. The Bertz CT molecular complexity index is 314. The number of nitrogens with one attached hydrogen (secondary N) is 2. The first kappa shape index (κ1) is 11.3. The molecule has 82 valence electrons. The van der Waals surface area contributed by atoms with Crippen LogP contribution >= 0.6 is 0 Å². The molecule has 1 saturated heterocycles. The first-order valence-electron chi connectivity index (χ1n) is 4.36. The molecular formula is C7H15N3O3S. The molecule has 1 atom stereocenters. The van der Waals surface area contributed by atoms with Gasteiger partial charge in [-0.3, -0.25) is 0 Å². The summed E-state index contributed by atoms with van der Waals surface area (Å²) >= 11 is 0. The topological polar surface area (TPSA) is 78.5 Å². The van der Waals surface area contributed by atoms with Gasteiger partial charge in [-0.15, -0.1) is 0 Å². The van der Waals surface area contributed by atoms with Gasteiger partial charge in [-0.05, 0) is 6.42 Å². The van der Waals surface area contributed by atoms with Crippen molar-refractivity contribution in [2.24, 2.45) is 0 Å². The lowest BCUT2D eigenvalue weighted by atomic mass is 10.3. The molecule has 0 aromatic heterocycles. The van der Waals surface area contributed by atoms with Crippen LogP contribution in [-0.2, 0) is 10.0 Å². The van der Waals surface area contributed by atoms with Gasteiger partial charge in [0.15, 0.2) is 0 Å². The van der Waals surface area contributed by atoms with Gasteiger partial charge in [0.2, 0.25) is 10.0 Å². The molecule has 0 bridgehead atoms. The molecule has 1 heterocycles. The summed E-state index contributed by atoms with van der Waals surface area (Å²) in [4.78, 5) is 12.7. The molecule has 0 saturated carbocycles. The minimum absolute atomic E-state index is 0.151. The Balaban J connectivity index is 2.46. The molecule has 1 aliphatic rings.